The van der Waals surface area contributed by atoms with E-state index < -0.39 is 10.0 Å². The molecule has 0 spiro atoms. The highest BCUT2D eigenvalue weighted by atomic mass is 32.2. The first-order chi connectivity index (χ1) is 11.0. The summed E-state index contributed by atoms with van der Waals surface area (Å²) in [7, 11) is -3.28. The Balaban J connectivity index is 1.45. The highest BCUT2D eigenvalue weighted by molar-refractivity contribution is 7.89. The lowest BCUT2D eigenvalue weighted by molar-refractivity contribution is 0.0516. The van der Waals surface area contributed by atoms with E-state index in [0.29, 0.717) is 45.3 Å². The van der Waals surface area contributed by atoms with Crippen molar-refractivity contribution in [1.29, 1.82) is 0 Å². The third kappa shape index (κ3) is 4.19. The summed E-state index contributed by atoms with van der Waals surface area (Å²) in [5, 5.41) is 6.91. The third-order valence-electron chi connectivity index (χ3n) is 4.08. The zero-order valence-corrected chi connectivity index (χ0v) is 14.1. The maximum Gasteiger partial charge on any atom is 0.244 e. The smallest absolute Gasteiger partial charge is 0.244 e. The molecule has 1 atom stereocenters. The van der Waals surface area contributed by atoms with Crippen molar-refractivity contribution in [3.63, 3.8) is 0 Å². The molecule has 10 heteroatoms. The summed E-state index contributed by atoms with van der Waals surface area (Å²) in [4.78, 5) is 6.26. The Kier molecular flexibility index (Phi) is 5.14. The van der Waals surface area contributed by atoms with E-state index in [9.17, 15) is 8.42 Å². The number of ether oxygens (including phenoxy) is 2. The van der Waals surface area contributed by atoms with E-state index in [1.54, 1.807) is 0 Å². The molecule has 0 amide bonds. The summed E-state index contributed by atoms with van der Waals surface area (Å²) in [6.07, 6.45) is 0.880. The van der Waals surface area contributed by atoms with Gasteiger partial charge in [0.2, 0.25) is 16.0 Å². The van der Waals surface area contributed by atoms with Gasteiger partial charge in [-0.05, 0) is 13.3 Å². The monoisotopic (exact) mass is 345 g/mol. The number of sulfonamides is 1. The van der Waals surface area contributed by atoms with E-state index in [4.69, 9.17) is 9.47 Å². The molecule has 0 radical (unpaired) electrons. The van der Waals surface area contributed by atoms with Crippen molar-refractivity contribution in [1.82, 2.24) is 19.5 Å². The van der Waals surface area contributed by atoms with Gasteiger partial charge in [-0.1, -0.05) is 0 Å². The van der Waals surface area contributed by atoms with E-state index >= 15 is 0 Å². The minimum atomic E-state index is -3.28. The molecule has 1 aromatic rings. The van der Waals surface area contributed by atoms with E-state index in [0.717, 1.165) is 12.2 Å². The van der Waals surface area contributed by atoms with Crippen LogP contribution in [-0.4, -0.2) is 85.8 Å². The number of rotatable bonds is 6. The lowest BCUT2D eigenvalue weighted by atomic mass is 10.3. The van der Waals surface area contributed by atoms with Crippen LogP contribution >= 0.6 is 0 Å². The molecule has 130 valence electrons. The predicted octanol–water partition coefficient (Wildman–Crippen LogP) is -0.630. The molecule has 1 unspecified atom stereocenters. The van der Waals surface area contributed by atoms with Gasteiger partial charge in [0.05, 0.1) is 25.1 Å². The fourth-order valence-electron chi connectivity index (χ4n) is 2.73. The number of aryl methyl sites for hydroxylation is 1. The topological polar surface area (TPSA) is 101 Å². The number of aromatic nitrogens is 3. The maximum atomic E-state index is 12.4. The first kappa shape index (κ1) is 16.6. The largest absolute Gasteiger partial charge is 0.379 e. The Morgan fingerprint density at radius 3 is 2.74 bits per heavy atom. The average Bonchev–Trinajstić information content (AvgIpc) is 3.19. The van der Waals surface area contributed by atoms with Crippen LogP contribution in [0.2, 0.25) is 0 Å². The second kappa shape index (κ2) is 7.12. The van der Waals surface area contributed by atoms with Gasteiger partial charge in [0.1, 0.15) is 5.82 Å². The van der Waals surface area contributed by atoms with Crippen molar-refractivity contribution >= 4 is 16.0 Å². The van der Waals surface area contributed by atoms with E-state index in [1.165, 1.54) is 4.31 Å². The molecule has 1 aromatic heterocycles. The van der Waals surface area contributed by atoms with Crippen LogP contribution in [0.3, 0.4) is 0 Å². The molecule has 3 heterocycles. The molecule has 0 aliphatic carbocycles. The van der Waals surface area contributed by atoms with Crippen LogP contribution in [0.15, 0.2) is 0 Å². The van der Waals surface area contributed by atoms with Gasteiger partial charge in [-0.25, -0.2) is 8.42 Å². The van der Waals surface area contributed by atoms with Crippen molar-refractivity contribution in [2.24, 2.45) is 0 Å². The summed E-state index contributed by atoms with van der Waals surface area (Å²) in [6.45, 7) is 5.39. The summed E-state index contributed by atoms with van der Waals surface area (Å²) < 4.78 is 37.0. The molecule has 0 aromatic carbocycles. The van der Waals surface area contributed by atoms with Crippen molar-refractivity contribution < 1.29 is 17.9 Å². The van der Waals surface area contributed by atoms with Crippen LogP contribution in [0.25, 0.3) is 0 Å². The number of piperazine rings is 1. The van der Waals surface area contributed by atoms with Crippen LogP contribution < -0.4 is 4.90 Å². The maximum absolute atomic E-state index is 12.4. The van der Waals surface area contributed by atoms with Gasteiger partial charge in [0.15, 0.2) is 0 Å². The second-order valence-corrected chi connectivity index (χ2v) is 7.87. The minimum absolute atomic E-state index is 0.0171. The zero-order chi connectivity index (χ0) is 16.3. The van der Waals surface area contributed by atoms with E-state index in [1.807, 2.05) is 11.8 Å². The average molecular weight is 345 g/mol. The Morgan fingerprint density at radius 1 is 1.35 bits per heavy atom. The normalized spacial score (nSPS) is 23.5. The molecule has 2 fully saturated rings. The van der Waals surface area contributed by atoms with E-state index in [2.05, 4.69) is 15.2 Å². The molecule has 23 heavy (non-hydrogen) atoms. The number of anilines is 1. The number of hydrogen-bond donors (Lipinski definition) is 1. The van der Waals surface area contributed by atoms with Crippen LogP contribution in [0.1, 0.15) is 12.2 Å². The van der Waals surface area contributed by atoms with Gasteiger partial charge in [0, 0.05) is 32.8 Å². The molecule has 0 saturated carbocycles. The summed E-state index contributed by atoms with van der Waals surface area (Å²) in [5.41, 5.74) is 0. The highest BCUT2D eigenvalue weighted by Gasteiger charge is 2.28. The first-order valence-corrected chi connectivity index (χ1v) is 9.46. The molecule has 1 N–H and O–H groups in total. The quantitative estimate of drug-likeness (QED) is 0.732. The molecule has 2 saturated heterocycles. The molecule has 0 bridgehead atoms. The first-order valence-electron chi connectivity index (χ1n) is 7.86. The number of nitrogens with zero attached hydrogens (tertiary/aromatic N) is 4. The lowest BCUT2D eigenvalue weighted by Crippen LogP contribution is -2.50. The summed E-state index contributed by atoms with van der Waals surface area (Å²) >= 11 is 0. The van der Waals surface area contributed by atoms with Gasteiger partial charge < -0.3 is 14.4 Å². The molecular weight excluding hydrogens is 322 g/mol. The van der Waals surface area contributed by atoms with E-state index in [-0.39, 0.29) is 18.5 Å². The Bertz CT molecular complexity index is 606. The van der Waals surface area contributed by atoms with Gasteiger partial charge in [0.25, 0.3) is 0 Å². The molecule has 2 aliphatic heterocycles. The van der Waals surface area contributed by atoms with Crippen LogP contribution in [0, 0.1) is 6.92 Å². The second-order valence-electron chi connectivity index (χ2n) is 5.78. The Hall–Kier alpha value is -1.23. The van der Waals surface area contributed by atoms with Gasteiger partial charge in [-0.15, -0.1) is 5.10 Å². The fourth-order valence-corrected chi connectivity index (χ4v) is 4.02. The van der Waals surface area contributed by atoms with Crippen molar-refractivity contribution in [3.8, 4) is 0 Å². The van der Waals surface area contributed by atoms with Crippen LogP contribution in [-0.2, 0) is 19.5 Å². The van der Waals surface area contributed by atoms with Gasteiger partial charge >= 0.3 is 0 Å². The Morgan fingerprint density at radius 2 is 2.13 bits per heavy atom. The fraction of sp³-hybridized carbons (Fsp3) is 0.846. The number of H-pyrrole nitrogens is 1. The summed E-state index contributed by atoms with van der Waals surface area (Å²) in [6, 6.07) is 0. The Labute approximate surface area is 136 Å². The lowest BCUT2D eigenvalue weighted by Gasteiger charge is -2.33. The number of aromatic amines is 1. The third-order valence-corrected chi connectivity index (χ3v) is 5.92. The van der Waals surface area contributed by atoms with Gasteiger partial charge in [-0.3, -0.25) is 5.10 Å². The zero-order valence-electron chi connectivity index (χ0n) is 13.3. The predicted molar refractivity (Wildman–Crippen MR) is 83.9 cm³/mol. The molecule has 9 nitrogen and oxygen atoms in total. The number of hydrogen-bond acceptors (Lipinski definition) is 7. The number of nitrogens with one attached hydrogen (secondary N) is 1. The van der Waals surface area contributed by atoms with Crippen molar-refractivity contribution in [3.05, 3.63) is 5.82 Å². The molecule has 3 rings (SSSR count). The highest BCUT2D eigenvalue weighted by Crippen LogP contribution is 2.14. The summed E-state index contributed by atoms with van der Waals surface area (Å²) in [5.74, 6) is 1.40. The molecular formula is C13H23N5O4S. The van der Waals surface area contributed by atoms with Crippen molar-refractivity contribution in [2.45, 2.75) is 19.4 Å². The van der Waals surface area contributed by atoms with Crippen LogP contribution in [0.4, 0.5) is 5.95 Å². The van der Waals surface area contributed by atoms with Gasteiger partial charge in [-0.2, -0.15) is 9.29 Å². The SMILES string of the molecule is Cc1nc(N2CCN(S(=O)(=O)CCOC3CCOC3)CC2)n[nH]1. The van der Waals surface area contributed by atoms with Crippen LogP contribution in [0.5, 0.6) is 0 Å². The minimum Gasteiger partial charge on any atom is -0.379 e. The standard InChI is InChI=1S/C13H23N5O4S/c1-11-14-13(16-15-11)17-3-5-18(6-4-17)23(19,20)9-8-22-12-2-7-21-10-12/h12H,2-10H2,1H3,(H,14,15,16). The molecule has 2 aliphatic rings. The van der Waals surface area contributed by atoms with Crippen molar-refractivity contribution in [2.75, 3.05) is 56.7 Å².